The zero-order valence-corrected chi connectivity index (χ0v) is 16.6. The van der Waals surface area contributed by atoms with Crippen LogP contribution in [0.4, 0.5) is 5.69 Å². The molecule has 0 radical (unpaired) electrons. The lowest BCUT2D eigenvalue weighted by Crippen LogP contribution is -2.31. The van der Waals surface area contributed by atoms with Gasteiger partial charge in [-0.05, 0) is 42.5 Å². The average molecular weight is 407 g/mol. The molecule has 142 valence electrons. The molecule has 2 aromatic carbocycles. The second kappa shape index (κ2) is 8.45. The van der Waals surface area contributed by atoms with Crippen LogP contribution < -0.4 is 24.8 Å². The van der Waals surface area contributed by atoms with E-state index in [4.69, 9.17) is 25.8 Å². The van der Waals surface area contributed by atoms with E-state index in [0.29, 0.717) is 32.9 Å². The number of carbonyl (C=O) groups is 1. The Kier molecular flexibility index (Phi) is 6.03. The van der Waals surface area contributed by atoms with Crippen molar-refractivity contribution in [2.24, 2.45) is 0 Å². The first-order valence-corrected chi connectivity index (χ1v) is 9.31. The SMILES string of the molecule is COc1ccc(OC)c(/C=C2\SC(Nc3cc(Cl)ccc3OC)NC2=O)c1. The number of anilines is 1. The normalized spacial score (nSPS) is 17.6. The molecule has 2 N–H and O–H groups in total. The summed E-state index contributed by atoms with van der Waals surface area (Å²) in [7, 11) is 4.75. The van der Waals surface area contributed by atoms with Crippen molar-refractivity contribution in [3.8, 4) is 17.2 Å². The van der Waals surface area contributed by atoms with Crippen molar-refractivity contribution in [3.63, 3.8) is 0 Å². The summed E-state index contributed by atoms with van der Waals surface area (Å²) in [5.41, 5.74) is 1.10. The fourth-order valence-electron chi connectivity index (χ4n) is 2.59. The lowest BCUT2D eigenvalue weighted by Gasteiger charge is -2.15. The number of thioether (sulfide) groups is 1. The Balaban J connectivity index is 1.82. The number of halogens is 1. The van der Waals surface area contributed by atoms with Crippen LogP contribution in [0.2, 0.25) is 5.02 Å². The molecule has 0 saturated carbocycles. The molecule has 8 heteroatoms. The lowest BCUT2D eigenvalue weighted by atomic mass is 10.1. The highest BCUT2D eigenvalue weighted by molar-refractivity contribution is 8.05. The van der Waals surface area contributed by atoms with E-state index in [2.05, 4.69) is 10.6 Å². The quantitative estimate of drug-likeness (QED) is 0.707. The van der Waals surface area contributed by atoms with Crippen molar-refractivity contribution < 1.29 is 19.0 Å². The van der Waals surface area contributed by atoms with Crippen LogP contribution in [0.5, 0.6) is 17.2 Å². The summed E-state index contributed by atoms with van der Waals surface area (Å²) in [5.74, 6) is 1.80. The molecule has 1 heterocycles. The van der Waals surface area contributed by atoms with Crippen LogP contribution in [-0.2, 0) is 4.79 Å². The van der Waals surface area contributed by atoms with Crippen molar-refractivity contribution in [1.82, 2.24) is 5.32 Å². The Labute approximate surface area is 166 Å². The number of hydrogen-bond acceptors (Lipinski definition) is 6. The van der Waals surface area contributed by atoms with E-state index in [1.165, 1.54) is 11.8 Å². The summed E-state index contributed by atoms with van der Waals surface area (Å²) >= 11 is 7.42. The van der Waals surface area contributed by atoms with Gasteiger partial charge < -0.3 is 24.8 Å². The minimum Gasteiger partial charge on any atom is -0.497 e. The predicted molar refractivity (Wildman–Crippen MR) is 109 cm³/mol. The number of methoxy groups -OCH3 is 3. The largest absolute Gasteiger partial charge is 0.497 e. The number of amides is 1. The van der Waals surface area contributed by atoms with Gasteiger partial charge in [0.05, 0.1) is 31.9 Å². The Morgan fingerprint density at radius 1 is 1.07 bits per heavy atom. The third kappa shape index (κ3) is 4.43. The number of carbonyl (C=O) groups excluding carboxylic acids is 1. The zero-order chi connectivity index (χ0) is 19.4. The van der Waals surface area contributed by atoms with Crippen LogP contribution in [0.3, 0.4) is 0 Å². The van der Waals surface area contributed by atoms with Crippen molar-refractivity contribution in [1.29, 1.82) is 0 Å². The monoisotopic (exact) mass is 406 g/mol. The van der Waals surface area contributed by atoms with Gasteiger partial charge in [-0.3, -0.25) is 4.79 Å². The molecule has 1 saturated heterocycles. The summed E-state index contributed by atoms with van der Waals surface area (Å²) in [6.45, 7) is 0. The second-order valence-corrected chi connectivity index (χ2v) is 7.16. The summed E-state index contributed by atoms with van der Waals surface area (Å²) in [6, 6.07) is 10.7. The fourth-order valence-corrected chi connectivity index (χ4v) is 3.73. The van der Waals surface area contributed by atoms with Gasteiger partial charge in [-0.25, -0.2) is 0 Å². The molecule has 1 aliphatic rings. The number of rotatable bonds is 6. The van der Waals surface area contributed by atoms with Crippen LogP contribution in [-0.4, -0.2) is 32.7 Å². The average Bonchev–Trinajstić information content (AvgIpc) is 3.00. The zero-order valence-electron chi connectivity index (χ0n) is 15.0. The second-order valence-electron chi connectivity index (χ2n) is 5.58. The first-order valence-electron chi connectivity index (χ1n) is 8.05. The number of hydrogen-bond donors (Lipinski definition) is 2. The van der Waals surface area contributed by atoms with Gasteiger partial charge >= 0.3 is 0 Å². The summed E-state index contributed by atoms with van der Waals surface area (Å²) in [5, 5.41) is 6.68. The molecule has 1 amide bonds. The lowest BCUT2D eigenvalue weighted by molar-refractivity contribution is -0.116. The molecule has 1 fully saturated rings. The Morgan fingerprint density at radius 2 is 1.81 bits per heavy atom. The fraction of sp³-hybridized carbons (Fsp3) is 0.211. The van der Waals surface area contributed by atoms with Gasteiger partial charge in [0.15, 0.2) is 5.50 Å². The molecular weight excluding hydrogens is 388 g/mol. The highest BCUT2D eigenvalue weighted by Crippen LogP contribution is 2.35. The number of nitrogens with one attached hydrogen (secondary N) is 2. The summed E-state index contributed by atoms with van der Waals surface area (Å²) in [4.78, 5) is 12.9. The van der Waals surface area contributed by atoms with Crippen LogP contribution in [0.1, 0.15) is 5.56 Å². The minimum absolute atomic E-state index is 0.177. The van der Waals surface area contributed by atoms with E-state index in [9.17, 15) is 4.79 Å². The van der Waals surface area contributed by atoms with Crippen molar-refractivity contribution in [3.05, 3.63) is 51.9 Å². The Bertz CT molecular complexity index is 888. The standard InChI is InChI=1S/C19H19ClN2O4S/c1-24-13-5-7-15(25-2)11(8-13)9-17-18(23)22-19(27-17)21-14-10-12(20)4-6-16(14)26-3/h4-10,19,21H,1-3H3,(H,22,23)/b17-9-. The number of benzene rings is 2. The maximum atomic E-state index is 12.4. The molecule has 0 aromatic heterocycles. The van der Waals surface area contributed by atoms with E-state index < -0.39 is 0 Å². The molecule has 1 atom stereocenters. The third-order valence-corrected chi connectivity index (χ3v) is 5.17. The highest BCUT2D eigenvalue weighted by atomic mass is 35.5. The topological polar surface area (TPSA) is 68.8 Å². The molecular formula is C19H19ClN2O4S. The Hall–Kier alpha value is -2.51. The van der Waals surface area contributed by atoms with E-state index in [0.717, 1.165) is 5.56 Å². The molecule has 3 rings (SSSR count). The predicted octanol–water partition coefficient (Wildman–Crippen LogP) is 3.97. The van der Waals surface area contributed by atoms with Gasteiger partial charge in [-0.15, -0.1) is 0 Å². The van der Waals surface area contributed by atoms with E-state index in [1.54, 1.807) is 57.7 Å². The van der Waals surface area contributed by atoms with Gasteiger partial charge in [0.25, 0.3) is 5.91 Å². The molecule has 6 nitrogen and oxygen atoms in total. The van der Waals surface area contributed by atoms with Crippen molar-refractivity contribution >= 4 is 41.0 Å². The van der Waals surface area contributed by atoms with E-state index >= 15 is 0 Å². The van der Waals surface area contributed by atoms with E-state index in [-0.39, 0.29) is 11.4 Å². The number of ether oxygens (including phenoxy) is 3. The van der Waals surface area contributed by atoms with Crippen LogP contribution >= 0.6 is 23.4 Å². The Morgan fingerprint density at radius 3 is 2.52 bits per heavy atom. The third-order valence-electron chi connectivity index (χ3n) is 3.90. The molecule has 2 aromatic rings. The van der Waals surface area contributed by atoms with Crippen LogP contribution in [0.25, 0.3) is 6.08 Å². The van der Waals surface area contributed by atoms with Crippen molar-refractivity contribution in [2.75, 3.05) is 26.6 Å². The summed E-state index contributed by atoms with van der Waals surface area (Å²) < 4.78 is 15.9. The summed E-state index contributed by atoms with van der Waals surface area (Å²) in [6.07, 6.45) is 1.78. The molecule has 0 aliphatic carbocycles. The van der Waals surface area contributed by atoms with E-state index in [1.807, 2.05) is 6.07 Å². The first-order chi connectivity index (χ1) is 13.0. The van der Waals surface area contributed by atoms with Crippen LogP contribution in [0.15, 0.2) is 41.3 Å². The van der Waals surface area contributed by atoms with Gasteiger partial charge in [-0.2, -0.15) is 0 Å². The van der Waals surface area contributed by atoms with Gasteiger partial charge in [-0.1, -0.05) is 23.4 Å². The van der Waals surface area contributed by atoms with Gasteiger partial charge in [0.2, 0.25) is 0 Å². The maximum Gasteiger partial charge on any atom is 0.260 e. The molecule has 1 aliphatic heterocycles. The molecule has 27 heavy (non-hydrogen) atoms. The highest BCUT2D eigenvalue weighted by Gasteiger charge is 2.28. The molecule has 0 spiro atoms. The maximum absolute atomic E-state index is 12.4. The molecule has 0 bridgehead atoms. The van der Waals surface area contributed by atoms with Gasteiger partial charge in [0, 0.05) is 10.6 Å². The molecule has 1 unspecified atom stereocenters. The van der Waals surface area contributed by atoms with Crippen molar-refractivity contribution in [2.45, 2.75) is 5.50 Å². The first kappa shape index (κ1) is 19.3. The van der Waals surface area contributed by atoms with Crippen LogP contribution in [0, 0.1) is 0 Å². The minimum atomic E-state index is -0.354. The van der Waals surface area contributed by atoms with Gasteiger partial charge in [0.1, 0.15) is 17.2 Å². The smallest absolute Gasteiger partial charge is 0.260 e.